The van der Waals surface area contributed by atoms with Gasteiger partial charge in [0.25, 0.3) is 0 Å². The Morgan fingerprint density at radius 1 is 0.181 bits per heavy atom. The van der Waals surface area contributed by atoms with Gasteiger partial charge >= 0.3 is 0 Å². The lowest BCUT2D eigenvalue weighted by Crippen LogP contribution is -2.34. The van der Waals surface area contributed by atoms with Crippen LogP contribution in [0.15, 0.2) is 340 Å². The lowest BCUT2D eigenvalue weighted by Gasteiger charge is -2.39. The lowest BCUT2D eigenvalue weighted by atomic mass is 9.70. The Morgan fingerprint density at radius 2 is 0.322 bits per heavy atom. The van der Waals surface area contributed by atoms with Crippen LogP contribution >= 0.6 is 12.6 Å². The van der Waals surface area contributed by atoms with E-state index in [0.717, 1.165) is 67.1 Å². The first-order valence-corrected chi connectivity index (χ1v) is 89.3. The second-order valence-electron chi connectivity index (χ2n) is 53.6. The fourth-order valence-electron chi connectivity index (χ4n) is 27.6. The summed E-state index contributed by atoms with van der Waals surface area (Å²) in [6, 6.07) is 59.8. The molecular formula is C135H196O4SSi9. The number of rotatable bonds is 68. The molecule has 14 heteroatoms. The zero-order valence-corrected chi connectivity index (χ0v) is 106. The lowest BCUT2D eigenvalue weighted by molar-refractivity contribution is 0.220. The van der Waals surface area contributed by atoms with E-state index in [2.05, 4.69) is 471 Å². The Kier molecular flexibility index (Phi) is 42.6. The molecule has 0 unspecified atom stereocenters. The van der Waals surface area contributed by atoms with Gasteiger partial charge in [0.05, 0.1) is 92.5 Å². The van der Waals surface area contributed by atoms with Crippen LogP contribution in [0.1, 0.15) is 187 Å². The van der Waals surface area contributed by atoms with Crippen LogP contribution in [-0.4, -0.2) is 92.5 Å². The molecule has 0 N–H and O–H groups in total. The average molecular weight is 2170 g/mol. The van der Waals surface area contributed by atoms with Crippen molar-refractivity contribution >= 4 is 85.3 Å². The summed E-state index contributed by atoms with van der Waals surface area (Å²) >= 11 is 4.60. The third-order valence-electron chi connectivity index (χ3n) is 38.8. The Balaban J connectivity index is 0.766. The smallest absolute Gasteiger partial charge is 0.119 e. The van der Waals surface area contributed by atoms with Gasteiger partial charge in [0.1, 0.15) is 29.6 Å². The van der Waals surface area contributed by atoms with Gasteiger partial charge in [-0.2, -0.15) is 12.6 Å². The summed E-state index contributed by atoms with van der Waals surface area (Å²) in [5.74, 6) is 4.56. The van der Waals surface area contributed by atoms with Crippen molar-refractivity contribution in [2.45, 2.75) is 410 Å². The minimum Gasteiger partial charge on any atom is -0.494 e. The Bertz CT molecular complexity index is 4720. The Labute approximate surface area is 923 Å². The average Bonchev–Trinajstić information content (AvgIpc) is 1.56. The molecule has 0 fully saturated rings. The van der Waals surface area contributed by atoms with Crippen molar-refractivity contribution in [1.82, 2.24) is 0 Å². The monoisotopic (exact) mass is 2170 g/mol. The third-order valence-corrected chi connectivity index (χ3v) is 73.7. The van der Waals surface area contributed by atoms with E-state index in [1.54, 1.807) is 0 Å². The molecule has 5 aromatic carbocycles. The molecule has 149 heavy (non-hydrogen) atoms. The summed E-state index contributed by atoms with van der Waals surface area (Å²) in [6.07, 6.45) is 115. The molecule has 5 aromatic rings. The van der Waals surface area contributed by atoms with Gasteiger partial charge in [0.15, 0.2) is 0 Å². The van der Waals surface area contributed by atoms with Gasteiger partial charge in [-0.3, -0.25) is 0 Å². The third kappa shape index (κ3) is 33.0. The molecule has 9 aliphatic rings. The molecule has 802 valence electrons. The molecule has 0 bridgehead atoms. The number of hydrogen-bond acceptors (Lipinski definition) is 5. The van der Waals surface area contributed by atoms with E-state index >= 15 is 0 Å². The maximum atomic E-state index is 7.22. The molecule has 14 rings (SSSR count). The highest BCUT2D eigenvalue weighted by Gasteiger charge is 2.45. The van der Waals surface area contributed by atoms with Crippen LogP contribution in [0.5, 0.6) is 23.0 Å². The summed E-state index contributed by atoms with van der Waals surface area (Å²) in [7, 11) is -14.2. The Hall–Kier alpha value is -7.08. The number of benzene rings is 5. The van der Waals surface area contributed by atoms with Gasteiger partial charge < -0.3 is 18.9 Å². The number of hydrogen-bond donors (Lipinski definition) is 1. The molecule has 0 heterocycles. The molecule has 0 spiro atoms. The van der Waals surface area contributed by atoms with E-state index in [1.807, 2.05) is 0 Å². The molecule has 0 atom stereocenters. The molecule has 0 saturated carbocycles. The van der Waals surface area contributed by atoms with Gasteiger partial charge in [0, 0.05) is 5.75 Å². The van der Waals surface area contributed by atoms with Crippen LogP contribution in [0, 0.1) is 0 Å². The summed E-state index contributed by atoms with van der Waals surface area (Å²) in [5, 5.41) is 0. The summed E-state index contributed by atoms with van der Waals surface area (Å²) in [5.41, 5.74) is 13.9. The van der Waals surface area contributed by atoms with E-state index < -0.39 is 72.7 Å². The first-order chi connectivity index (χ1) is 71.3. The first-order valence-electron chi connectivity index (χ1n) is 59.1. The van der Waals surface area contributed by atoms with Crippen LogP contribution in [0.4, 0.5) is 0 Å². The van der Waals surface area contributed by atoms with Crippen molar-refractivity contribution in [3.8, 4) is 23.0 Å². The molecule has 0 radical (unpaired) electrons. The molecular weight excluding hydrogens is 1970 g/mol. The number of allylic oxidation sites excluding steroid dienone is 36. The van der Waals surface area contributed by atoms with Crippen LogP contribution in [0.2, 0.25) is 222 Å². The van der Waals surface area contributed by atoms with Gasteiger partial charge in [-0.25, -0.2) is 0 Å². The second-order valence-corrected chi connectivity index (χ2v) is 100. The molecule has 0 saturated heterocycles. The summed E-state index contributed by atoms with van der Waals surface area (Å²) in [6.45, 7) is 50.3. The normalized spacial score (nSPS) is 17.3. The predicted molar refractivity (Wildman–Crippen MR) is 682 cm³/mol. The summed E-state index contributed by atoms with van der Waals surface area (Å²) < 4.78 is 28.4. The maximum absolute atomic E-state index is 7.22. The van der Waals surface area contributed by atoms with Crippen molar-refractivity contribution < 1.29 is 18.9 Å². The highest BCUT2D eigenvalue weighted by atomic mass is 32.1. The molecule has 0 amide bonds. The van der Waals surface area contributed by atoms with Crippen LogP contribution in [-0.2, 0) is 34.0 Å². The fraction of sp³-hybridized carbons (Fsp3) is 0.511. The molecule has 9 aliphatic carbocycles. The van der Waals surface area contributed by atoms with Crippen molar-refractivity contribution in [3.05, 3.63) is 373 Å². The van der Waals surface area contributed by atoms with Crippen LogP contribution in [0.25, 0.3) is 0 Å². The van der Waals surface area contributed by atoms with E-state index in [9.17, 15) is 0 Å². The zero-order chi connectivity index (χ0) is 106. The largest absolute Gasteiger partial charge is 0.494 e. The van der Waals surface area contributed by atoms with Crippen LogP contribution in [0.3, 0.4) is 0 Å². The first kappa shape index (κ1) is 117. The van der Waals surface area contributed by atoms with Crippen molar-refractivity contribution in [2.75, 3.05) is 19.8 Å². The quantitative estimate of drug-likeness (QED) is 0.0239. The van der Waals surface area contributed by atoms with E-state index in [4.69, 9.17) is 18.9 Å². The molecule has 4 nitrogen and oxygen atoms in total. The zero-order valence-electron chi connectivity index (χ0n) is 96.0. The minimum absolute atomic E-state index is 0.0872. The highest BCUT2D eigenvalue weighted by Crippen LogP contribution is 2.53. The summed E-state index contributed by atoms with van der Waals surface area (Å²) in [4.78, 5) is 0. The second kappa shape index (κ2) is 54.1. The number of ether oxygens (including phenoxy) is 4. The van der Waals surface area contributed by atoms with Crippen LogP contribution < -0.4 is 18.9 Å². The topological polar surface area (TPSA) is 36.9 Å². The fourth-order valence-corrected chi connectivity index (χ4v) is 52.0. The SMILES string of the molecule is C[Si](C)(CCCC(CCC[Si](C)(C)C1C=CC=C1)(CCC[Si](C)(C)C1C=CC=C1)c1ccc(OCCCC(CCCOc2ccc(C(CCC[Si](C)(C)C3C=CC=C3)(CCC[Si](C)(C)C3C=CC=C3)CCC[Si](C)(C)C3C=CC=C3)cc2)(CCCOc2ccc(C(CCC[Si](C)(C)C3C=CC=C3)(CCC[Si](C)(C)C3C=CC=C3)CCC[Si](C)(C)C3C=CC=C3)cc2)c2ccc(OCc3ccc(CS)cc3)cc2)cc1)C1C=CC=C1. The standard InChI is InChI=1S/C135H196O4SSi9/c1-141(2,123-49-19-20-50-123)102-40-90-133(91-41-103-142(3,4)124-51-21-22-52-124,92-42-104-143(5,6)125-53-23-24-54-125)116-71-79-119(80-72-116)136-99-37-87-132(115-77-85-122(86-78-115)139-111-113-67-69-114(112-140)70-68-113,88-38-100-137-120-81-73-117(74-82-120)134(93-43-105-144(7,8)126-55-25-26-56-126,94-44-106-145(9,10)127-57-27-28-58-127)95-45-107-146(11,12)128-59-29-30-60-128)89-39-101-138-121-83-75-118(76-84-121)135(96-46-108-147(13,14)129-61-31-32-62-129,97-47-109-148(15,16)130-63-33-34-64-130)98-48-110-149(17,18)131-65-35-36-66-131/h19-36,49-86,123-131,140H,37-48,87-112H2,1-18H3. The van der Waals surface area contributed by atoms with Gasteiger partial charge in [-0.05, 0) is 250 Å². The predicted octanol–water partition coefficient (Wildman–Crippen LogP) is 41.1. The number of thiol groups is 1. The van der Waals surface area contributed by atoms with Gasteiger partial charge in [-0.15, -0.1) is 0 Å². The van der Waals surface area contributed by atoms with E-state index in [-0.39, 0.29) is 21.7 Å². The van der Waals surface area contributed by atoms with E-state index in [0.29, 0.717) is 82.1 Å². The van der Waals surface area contributed by atoms with Crippen molar-refractivity contribution in [1.29, 1.82) is 0 Å². The van der Waals surface area contributed by atoms with Gasteiger partial charge in [0.2, 0.25) is 0 Å². The van der Waals surface area contributed by atoms with Crippen molar-refractivity contribution in [2.24, 2.45) is 0 Å². The highest BCUT2D eigenvalue weighted by molar-refractivity contribution is 7.79. The molecule has 0 aromatic heterocycles. The minimum atomic E-state index is -1.58. The van der Waals surface area contributed by atoms with E-state index in [1.165, 1.54) is 198 Å². The molecule has 0 aliphatic heterocycles. The maximum Gasteiger partial charge on any atom is 0.119 e. The Morgan fingerprint density at radius 3 is 0.477 bits per heavy atom. The van der Waals surface area contributed by atoms with Crippen molar-refractivity contribution in [3.63, 3.8) is 0 Å². The van der Waals surface area contributed by atoms with Gasteiger partial charge in [-0.1, -0.05) is 522 Å².